The third-order valence-corrected chi connectivity index (χ3v) is 6.18. The van der Waals surface area contributed by atoms with Gasteiger partial charge in [0.15, 0.2) is 11.0 Å². The fraction of sp³-hybridized carbons (Fsp3) is 0.200. The van der Waals surface area contributed by atoms with E-state index in [2.05, 4.69) is 10.2 Å². The summed E-state index contributed by atoms with van der Waals surface area (Å²) >= 11 is 1.39. The van der Waals surface area contributed by atoms with Crippen LogP contribution in [0.1, 0.15) is 16.7 Å². The Labute approximate surface area is 199 Å². The molecule has 9 heteroatoms. The lowest BCUT2D eigenvalue weighted by Crippen LogP contribution is -2.04. The van der Waals surface area contributed by atoms with Crippen molar-refractivity contribution in [3.05, 3.63) is 83.4 Å². The van der Waals surface area contributed by atoms with E-state index in [1.165, 1.54) is 23.9 Å². The summed E-state index contributed by atoms with van der Waals surface area (Å²) in [5, 5.41) is 9.43. The van der Waals surface area contributed by atoms with Gasteiger partial charge in [-0.1, -0.05) is 41.6 Å². The largest absolute Gasteiger partial charge is 0.497 e. The first-order chi connectivity index (χ1) is 16.3. The van der Waals surface area contributed by atoms with Crippen molar-refractivity contribution in [3.63, 3.8) is 0 Å². The van der Waals surface area contributed by atoms with E-state index in [0.717, 1.165) is 34.5 Å². The smallest absolute Gasteiger partial charge is 0.416 e. The number of alkyl halides is 3. The van der Waals surface area contributed by atoms with Crippen molar-refractivity contribution in [2.24, 2.45) is 0 Å². The van der Waals surface area contributed by atoms with Crippen LogP contribution in [-0.2, 0) is 11.9 Å². The van der Waals surface area contributed by atoms with E-state index in [4.69, 9.17) is 9.47 Å². The molecular formula is C25H22F3N3O2S. The molecule has 0 unspecified atom stereocenters. The zero-order chi connectivity index (χ0) is 24.3. The number of hydrogen-bond acceptors (Lipinski definition) is 5. The van der Waals surface area contributed by atoms with Gasteiger partial charge in [0, 0.05) is 23.1 Å². The average Bonchev–Trinajstić information content (AvgIpc) is 3.26. The van der Waals surface area contributed by atoms with E-state index >= 15 is 0 Å². The Kier molecular flexibility index (Phi) is 6.83. The van der Waals surface area contributed by atoms with Gasteiger partial charge in [-0.3, -0.25) is 4.57 Å². The number of halogens is 3. The number of aromatic nitrogens is 3. The van der Waals surface area contributed by atoms with Crippen molar-refractivity contribution in [2.45, 2.75) is 24.0 Å². The standard InChI is InChI=1S/C25H22F3N3O2S/c1-16-4-10-20(11-5-16)31-23(18-12-21(32-2)14-22(13-18)33-3)29-30-24(31)34-15-17-6-8-19(9-7-17)25(26,27)28/h4-14H,15H2,1-3H3. The highest BCUT2D eigenvalue weighted by atomic mass is 32.2. The molecular weight excluding hydrogens is 463 g/mol. The number of rotatable bonds is 7. The zero-order valence-electron chi connectivity index (χ0n) is 18.8. The molecule has 1 aromatic heterocycles. The van der Waals surface area contributed by atoms with E-state index in [1.807, 2.05) is 47.9 Å². The van der Waals surface area contributed by atoms with Gasteiger partial charge in [-0.15, -0.1) is 10.2 Å². The number of methoxy groups -OCH3 is 2. The maximum Gasteiger partial charge on any atom is 0.416 e. The summed E-state index contributed by atoms with van der Waals surface area (Å²) in [5.41, 5.74) is 2.81. The maximum atomic E-state index is 12.9. The van der Waals surface area contributed by atoms with E-state index in [9.17, 15) is 13.2 Å². The number of ether oxygens (including phenoxy) is 2. The number of thioether (sulfide) groups is 1. The van der Waals surface area contributed by atoms with Crippen molar-refractivity contribution in [1.82, 2.24) is 14.8 Å². The lowest BCUT2D eigenvalue weighted by atomic mass is 10.1. The van der Waals surface area contributed by atoms with Crippen molar-refractivity contribution >= 4 is 11.8 Å². The van der Waals surface area contributed by atoms with Gasteiger partial charge in [0.25, 0.3) is 0 Å². The Morgan fingerprint density at radius 2 is 1.47 bits per heavy atom. The summed E-state index contributed by atoms with van der Waals surface area (Å²) in [6.07, 6.45) is -4.36. The average molecular weight is 486 g/mol. The van der Waals surface area contributed by atoms with Crippen LogP contribution in [0, 0.1) is 6.92 Å². The normalized spacial score (nSPS) is 11.5. The molecule has 0 radical (unpaired) electrons. The predicted octanol–water partition coefficient (Wildman–Crippen LogP) is 6.57. The Morgan fingerprint density at radius 3 is 2.03 bits per heavy atom. The zero-order valence-corrected chi connectivity index (χ0v) is 19.6. The molecule has 1 heterocycles. The van der Waals surface area contributed by atoms with Crippen LogP contribution in [0.2, 0.25) is 0 Å². The van der Waals surface area contributed by atoms with Gasteiger partial charge in [-0.2, -0.15) is 13.2 Å². The van der Waals surface area contributed by atoms with Gasteiger partial charge in [-0.25, -0.2) is 0 Å². The molecule has 0 saturated carbocycles. The minimum absolute atomic E-state index is 0.434. The minimum Gasteiger partial charge on any atom is -0.497 e. The number of hydrogen-bond donors (Lipinski definition) is 0. The Bertz CT molecular complexity index is 1250. The fourth-order valence-electron chi connectivity index (χ4n) is 3.35. The second kappa shape index (κ2) is 9.80. The van der Waals surface area contributed by atoms with Crippen LogP contribution in [-0.4, -0.2) is 29.0 Å². The lowest BCUT2D eigenvalue weighted by molar-refractivity contribution is -0.137. The topological polar surface area (TPSA) is 49.2 Å². The van der Waals surface area contributed by atoms with Gasteiger partial charge in [0.05, 0.1) is 19.8 Å². The van der Waals surface area contributed by atoms with Crippen molar-refractivity contribution < 1.29 is 22.6 Å². The van der Waals surface area contributed by atoms with Crippen LogP contribution in [0.3, 0.4) is 0 Å². The quantitative estimate of drug-likeness (QED) is 0.277. The molecule has 0 fully saturated rings. The van der Waals surface area contributed by atoms with Crippen molar-refractivity contribution in [3.8, 4) is 28.6 Å². The van der Waals surface area contributed by atoms with E-state index < -0.39 is 11.7 Å². The highest BCUT2D eigenvalue weighted by molar-refractivity contribution is 7.98. The lowest BCUT2D eigenvalue weighted by Gasteiger charge is -2.13. The summed E-state index contributed by atoms with van der Waals surface area (Å²) in [6, 6.07) is 18.6. The van der Waals surface area contributed by atoms with Crippen LogP contribution in [0.15, 0.2) is 71.9 Å². The molecule has 0 bridgehead atoms. The van der Waals surface area contributed by atoms with Gasteiger partial charge >= 0.3 is 6.18 Å². The molecule has 5 nitrogen and oxygen atoms in total. The van der Waals surface area contributed by atoms with Crippen LogP contribution in [0.25, 0.3) is 17.1 Å². The maximum absolute atomic E-state index is 12.9. The Morgan fingerprint density at radius 1 is 0.853 bits per heavy atom. The van der Waals surface area contributed by atoms with E-state index in [0.29, 0.717) is 28.2 Å². The molecule has 0 atom stereocenters. The predicted molar refractivity (Wildman–Crippen MR) is 126 cm³/mol. The first kappa shape index (κ1) is 23.7. The number of benzene rings is 3. The molecule has 0 aliphatic carbocycles. The van der Waals surface area contributed by atoms with Gasteiger partial charge < -0.3 is 9.47 Å². The van der Waals surface area contributed by atoms with E-state index in [1.54, 1.807) is 20.3 Å². The summed E-state index contributed by atoms with van der Waals surface area (Å²) in [4.78, 5) is 0. The second-order valence-electron chi connectivity index (χ2n) is 7.56. The molecule has 0 spiro atoms. The molecule has 3 aromatic carbocycles. The van der Waals surface area contributed by atoms with Gasteiger partial charge in [0.2, 0.25) is 0 Å². The monoisotopic (exact) mass is 485 g/mol. The number of nitrogens with zero attached hydrogens (tertiary/aromatic N) is 3. The van der Waals surface area contributed by atoms with E-state index in [-0.39, 0.29) is 0 Å². The van der Waals surface area contributed by atoms with Crippen LogP contribution in [0.5, 0.6) is 11.5 Å². The second-order valence-corrected chi connectivity index (χ2v) is 8.50. The molecule has 0 N–H and O–H groups in total. The molecule has 0 amide bonds. The molecule has 176 valence electrons. The minimum atomic E-state index is -4.36. The summed E-state index contributed by atoms with van der Waals surface area (Å²) in [7, 11) is 3.16. The van der Waals surface area contributed by atoms with Crippen molar-refractivity contribution in [1.29, 1.82) is 0 Å². The number of aryl methyl sites for hydroxylation is 1. The Balaban J connectivity index is 1.71. The van der Waals surface area contributed by atoms with Crippen LogP contribution >= 0.6 is 11.8 Å². The highest BCUT2D eigenvalue weighted by Crippen LogP contribution is 2.34. The summed E-state index contributed by atoms with van der Waals surface area (Å²) in [6.45, 7) is 2.00. The summed E-state index contributed by atoms with van der Waals surface area (Å²) in [5.74, 6) is 2.26. The fourth-order valence-corrected chi connectivity index (χ4v) is 4.26. The Hall–Kier alpha value is -3.46. The first-order valence-electron chi connectivity index (χ1n) is 10.3. The first-order valence-corrected chi connectivity index (χ1v) is 11.3. The van der Waals surface area contributed by atoms with Crippen molar-refractivity contribution in [2.75, 3.05) is 14.2 Å². The molecule has 34 heavy (non-hydrogen) atoms. The third-order valence-electron chi connectivity index (χ3n) is 5.18. The molecule has 4 aromatic rings. The molecule has 0 saturated heterocycles. The molecule has 0 aliphatic heterocycles. The molecule has 4 rings (SSSR count). The van der Waals surface area contributed by atoms with Gasteiger partial charge in [0.1, 0.15) is 11.5 Å². The molecule has 0 aliphatic rings. The highest BCUT2D eigenvalue weighted by Gasteiger charge is 2.30. The SMILES string of the molecule is COc1cc(OC)cc(-c2nnc(SCc3ccc(C(F)(F)F)cc3)n2-c2ccc(C)cc2)c1. The summed E-state index contributed by atoms with van der Waals surface area (Å²) < 4.78 is 51.3. The van der Waals surface area contributed by atoms with Crippen LogP contribution < -0.4 is 9.47 Å². The third kappa shape index (κ3) is 5.20. The van der Waals surface area contributed by atoms with Gasteiger partial charge in [-0.05, 0) is 48.9 Å². The van der Waals surface area contributed by atoms with Crippen LogP contribution in [0.4, 0.5) is 13.2 Å².